The molecular weight excluding hydrogens is 497 g/mol. The lowest BCUT2D eigenvalue weighted by atomic mass is 10.2. The lowest BCUT2D eigenvalue weighted by molar-refractivity contribution is -0.136. The Morgan fingerprint density at radius 3 is 2.29 bits per heavy atom. The second-order valence-electron chi connectivity index (χ2n) is 6.86. The number of benzene rings is 3. The van der Waals surface area contributed by atoms with E-state index in [-0.39, 0.29) is 0 Å². The molecule has 0 radical (unpaired) electrons. The molecule has 2 amide bonds. The molecule has 0 aliphatic carbocycles. The lowest BCUT2D eigenvalue weighted by Crippen LogP contribution is -2.32. The molecule has 0 saturated heterocycles. The van der Waals surface area contributed by atoms with Crippen LogP contribution >= 0.6 is 34.5 Å². The molecule has 0 bridgehead atoms. The van der Waals surface area contributed by atoms with Crippen LogP contribution in [0, 0.1) is 0 Å². The summed E-state index contributed by atoms with van der Waals surface area (Å²) in [5, 5.41) is 7.87. The molecule has 3 aromatic carbocycles. The van der Waals surface area contributed by atoms with Crippen molar-refractivity contribution in [3.05, 3.63) is 93.3 Å². The van der Waals surface area contributed by atoms with Crippen molar-refractivity contribution in [3.63, 3.8) is 0 Å². The highest BCUT2D eigenvalue weighted by Crippen LogP contribution is 2.35. The standard InChI is InChI=1S/C24H15Cl2N3O4S/c25-15-7-9-16(10-8-15)28-22(30)23(31)29-27-13-14-5-11-17(12-6-14)33-24(32)21-20(26)18-3-1-2-4-19(18)34-21/h1-13H,(H,28,30)(H,29,31)/b27-13+. The highest BCUT2D eigenvalue weighted by atomic mass is 35.5. The molecule has 1 aromatic heterocycles. The summed E-state index contributed by atoms with van der Waals surface area (Å²) >= 11 is 13.4. The average Bonchev–Trinajstić information content (AvgIpc) is 3.18. The van der Waals surface area contributed by atoms with Crippen LogP contribution in [0.2, 0.25) is 10.0 Å². The average molecular weight is 512 g/mol. The molecule has 34 heavy (non-hydrogen) atoms. The normalized spacial score (nSPS) is 10.9. The zero-order valence-electron chi connectivity index (χ0n) is 17.2. The molecule has 170 valence electrons. The van der Waals surface area contributed by atoms with Crippen molar-refractivity contribution in [1.29, 1.82) is 0 Å². The number of nitrogens with one attached hydrogen (secondary N) is 2. The topological polar surface area (TPSA) is 96.9 Å². The molecule has 1 heterocycles. The van der Waals surface area contributed by atoms with Crippen LogP contribution in [0.15, 0.2) is 77.9 Å². The molecule has 4 aromatic rings. The van der Waals surface area contributed by atoms with E-state index < -0.39 is 17.8 Å². The molecular formula is C24H15Cl2N3O4S. The van der Waals surface area contributed by atoms with Crippen molar-refractivity contribution in [2.24, 2.45) is 5.10 Å². The van der Waals surface area contributed by atoms with Crippen molar-refractivity contribution < 1.29 is 19.1 Å². The minimum absolute atomic E-state index is 0.321. The number of fused-ring (bicyclic) bond motifs is 1. The molecule has 2 N–H and O–H groups in total. The van der Waals surface area contributed by atoms with Gasteiger partial charge < -0.3 is 10.1 Å². The van der Waals surface area contributed by atoms with Crippen LogP contribution in [0.3, 0.4) is 0 Å². The first-order valence-electron chi connectivity index (χ1n) is 9.80. The molecule has 0 spiro atoms. The Kier molecular flexibility index (Phi) is 7.22. The van der Waals surface area contributed by atoms with E-state index >= 15 is 0 Å². The molecule has 0 fully saturated rings. The van der Waals surface area contributed by atoms with Crippen LogP contribution < -0.4 is 15.5 Å². The minimum Gasteiger partial charge on any atom is -0.422 e. The number of anilines is 1. The summed E-state index contributed by atoms with van der Waals surface area (Å²) in [4.78, 5) is 36.6. The minimum atomic E-state index is -0.933. The summed E-state index contributed by atoms with van der Waals surface area (Å²) in [6, 6.07) is 20.2. The van der Waals surface area contributed by atoms with Gasteiger partial charge in [0.05, 0.1) is 11.2 Å². The summed E-state index contributed by atoms with van der Waals surface area (Å²) in [6.07, 6.45) is 1.35. The van der Waals surface area contributed by atoms with Gasteiger partial charge in [0, 0.05) is 20.8 Å². The maximum absolute atomic E-state index is 12.5. The number of carbonyl (C=O) groups excluding carboxylic acids is 3. The molecule has 0 saturated carbocycles. The number of ether oxygens (including phenoxy) is 1. The fraction of sp³-hybridized carbons (Fsp3) is 0. The first-order chi connectivity index (χ1) is 16.4. The second kappa shape index (κ2) is 10.5. The Morgan fingerprint density at radius 1 is 0.882 bits per heavy atom. The second-order valence-corrected chi connectivity index (χ2v) is 8.73. The van der Waals surface area contributed by atoms with Crippen LogP contribution in [-0.2, 0) is 9.59 Å². The van der Waals surface area contributed by atoms with Gasteiger partial charge in [-0.1, -0.05) is 41.4 Å². The maximum Gasteiger partial charge on any atom is 0.355 e. The number of hydrogen-bond acceptors (Lipinski definition) is 6. The number of esters is 1. The van der Waals surface area contributed by atoms with Crippen LogP contribution in [0.5, 0.6) is 5.75 Å². The van der Waals surface area contributed by atoms with Crippen molar-refractivity contribution >= 4 is 74.3 Å². The summed E-state index contributed by atoms with van der Waals surface area (Å²) in [6.45, 7) is 0. The molecule has 0 unspecified atom stereocenters. The Hall–Kier alpha value is -3.72. The molecule has 0 aliphatic heterocycles. The van der Waals surface area contributed by atoms with Crippen LogP contribution in [0.25, 0.3) is 10.1 Å². The van der Waals surface area contributed by atoms with Crippen molar-refractivity contribution in [2.45, 2.75) is 0 Å². The van der Waals surface area contributed by atoms with Gasteiger partial charge in [0.25, 0.3) is 0 Å². The van der Waals surface area contributed by atoms with Gasteiger partial charge >= 0.3 is 17.8 Å². The fourth-order valence-corrected chi connectivity index (χ4v) is 4.37. The van der Waals surface area contributed by atoms with Gasteiger partial charge in [0.2, 0.25) is 0 Å². The number of thiophene rings is 1. The number of halogens is 2. The number of hydrazone groups is 1. The first-order valence-corrected chi connectivity index (χ1v) is 11.4. The quantitative estimate of drug-likeness (QED) is 0.121. The van der Waals surface area contributed by atoms with Crippen LogP contribution in [-0.4, -0.2) is 24.0 Å². The fourth-order valence-electron chi connectivity index (χ4n) is 2.86. The third-order valence-corrected chi connectivity index (χ3v) is 6.41. The molecule has 10 heteroatoms. The van der Waals surface area contributed by atoms with Gasteiger partial charge in [0.1, 0.15) is 10.6 Å². The zero-order chi connectivity index (χ0) is 24.1. The lowest BCUT2D eigenvalue weighted by Gasteiger charge is -2.04. The zero-order valence-corrected chi connectivity index (χ0v) is 19.6. The van der Waals surface area contributed by atoms with E-state index in [1.165, 1.54) is 17.6 Å². The highest BCUT2D eigenvalue weighted by molar-refractivity contribution is 7.21. The van der Waals surface area contributed by atoms with Crippen LogP contribution in [0.4, 0.5) is 5.69 Å². The highest BCUT2D eigenvalue weighted by Gasteiger charge is 2.19. The van der Waals surface area contributed by atoms with E-state index in [2.05, 4.69) is 15.8 Å². The molecule has 0 atom stereocenters. The summed E-state index contributed by atoms with van der Waals surface area (Å²) in [5.41, 5.74) is 3.18. The van der Waals surface area contributed by atoms with Crippen molar-refractivity contribution in [1.82, 2.24) is 5.43 Å². The molecule has 0 aliphatic rings. The SMILES string of the molecule is O=C(N/N=C/c1ccc(OC(=O)c2sc3ccccc3c2Cl)cc1)C(=O)Nc1ccc(Cl)cc1. The van der Waals surface area contributed by atoms with E-state index in [1.807, 2.05) is 24.3 Å². The summed E-state index contributed by atoms with van der Waals surface area (Å²) in [7, 11) is 0. The number of hydrogen-bond donors (Lipinski definition) is 2. The maximum atomic E-state index is 12.5. The number of carbonyl (C=O) groups is 3. The monoisotopic (exact) mass is 511 g/mol. The van der Waals surface area contributed by atoms with E-state index in [0.29, 0.717) is 31.9 Å². The third-order valence-electron chi connectivity index (χ3n) is 4.50. The smallest absolute Gasteiger partial charge is 0.355 e. The van der Waals surface area contributed by atoms with Gasteiger partial charge in [-0.15, -0.1) is 11.3 Å². The van der Waals surface area contributed by atoms with E-state index in [4.69, 9.17) is 27.9 Å². The Bertz CT molecular complexity index is 1400. The van der Waals surface area contributed by atoms with E-state index in [1.54, 1.807) is 48.5 Å². The van der Waals surface area contributed by atoms with Crippen LogP contribution in [0.1, 0.15) is 15.2 Å². The van der Waals surface area contributed by atoms with Gasteiger partial charge in [-0.25, -0.2) is 10.2 Å². The molecule has 7 nitrogen and oxygen atoms in total. The van der Waals surface area contributed by atoms with E-state index in [9.17, 15) is 14.4 Å². The van der Waals surface area contributed by atoms with Crippen molar-refractivity contribution in [2.75, 3.05) is 5.32 Å². The van der Waals surface area contributed by atoms with Gasteiger partial charge in [0.15, 0.2) is 0 Å². The van der Waals surface area contributed by atoms with Crippen molar-refractivity contribution in [3.8, 4) is 5.75 Å². The largest absolute Gasteiger partial charge is 0.422 e. The third kappa shape index (κ3) is 5.60. The molecule has 4 rings (SSSR count). The number of nitrogens with zero attached hydrogens (tertiary/aromatic N) is 1. The predicted molar refractivity (Wildman–Crippen MR) is 134 cm³/mol. The van der Waals surface area contributed by atoms with Gasteiger partial charge in [-0.3, -0.25) is 9.59 Å². The Labute approximate surface area is 207 Å². The Balaban J connectivity index is 1.31. The number of amides is 2. The summed E-state index contributed by atoms with van der Waals surface area (Å²) < 4.78 is 6.31. The number of rotatable bonds is 5. The first kappa shape index (κ1) is 23.4. The van der Waals surface area contributed by atoms with E-state index in [0.717, 1.165) is 10.1 Å². The Morgan fingerprint density at radius 2 is 1.59 bits per heavy atom. The van der Waals surface area contributed by atoms with Gasteiger partial charge in [-0.05, 0) is 60.2 Å². The summed E-state index contributed by atoms with van der Waals surface area (Å²) in [5.74, 6) is -2.03. The van der Waals surface area contributed by atoms with Gasteiger partial charge in [-0.2, -0.15) is 5.10 Å². The predicted octanol–water partition coefficient (Wildman–Crippen LogP) is 5.52.